The summed E-state index contributed by atoms with van der Waals surface area (Å²) in [5.41, 5.74) is 2.51. The van der Waals surface area contributed by atoms with Crippen LogP contribution < -0.4 is 4.74 Å². The van der Waals surface area contributed by atoms with Crippen LogP contribution >= 0.6 is 11.8 Å². The first-order valence-electron chi connectivity index (χ1n) is 5.63. The Kier molecular flexibility index (Phi) is 4.63. The van der Waals surface area contributed by atoms with Gasteiger partial charge in [0.25, 0.3) is 0 Å². The van der Waals surface area contributed by atoms with Crippen molar-refractivity contribution in [3.8, 4) is 5.75 Å². The van der Waals surface area contributed by atoms with E-state index in [2.05, 4.69) is 37.9 Å². The first kappa shape index (κ1) is 14.1. The lowest BCUT2D eigenvalue weighted by Crippen LogP contribution is -2.12. The van der Waals surface area contributed by atoms with Crippen molar-refractivity contribution in [3.05, 3.63) is 29.3 Å². The molecule has 3 heteroatoms. The molecule has 0 atom stereocenters. The highest BCUT2D eigenvalue weighted by molar-refractivity contribution is 8.13. The van der Waals surface area contributed by atoms with Crippen LogP contribution in [0.2, 0.25) is 0 Å². The van der Waals surface area contributed by atoms with Crippen LogP contribution in [0.25, 0.3) is 0 Å². The summed E-state index contributed by atoms with van der Waals surface area (Å²) in [4.78, 5) is 4.31. The molecule has 0 spiro atoms. The summed E-state index contributed by atoms with van der Waals surface area (Å²) in [5, 5.41) is 1.01. The zero-order chi connectivity index (χ0) is 13.1. The van der Waals surface area contributed by atoms with Crippen LogP contribution in [-0.4, -0.2) is 25.5 Å². The number of nitrogens with zero attached hydrogens (tertiary/aromatic N) is 1. The van der Waals surface area contributed by atoms with Gasteiger partial charge in [0, 0.05) is 12.6 Å². The van der Waals surface area contributed by atoms with Crippen molar-refractivity contribution in [3.63, 3.8) is 0 Å². The van der Waals surface area contributed by atoms with E-state index in [9.17, 15) is 0 Å². The molecule has 0 fully saturated rings. The van der Waals surface area contributed by atoms with Gasteiger partial charge in [-0.25, -0.2) is 0 Å². The zero-order valence-electron chi connectivity index (χ0n) is 11.5. The topological polar surface area (TPSA) is 21.6 Å². The standard InChI is InChI=1S/C14H21NOS/c1-14(2,3)10-7-8-12(16-5)11(9-10)13(15-4)17-6/h7-9H,1-6H3. The fraction of sp³-hybridized carbons (Fsp3) is 0.500. The van der Waals surface area contributed by atoms with Gasteiger partial charge >= 0.3 is 0 Å². The molecule has 0 amide bonds. The minimum Gasteiger partial charge on any atom is -0.496 e. The first-order chi connectivity index (χ1) is 7.93. The molecule has 0 radical (unpaired) electrons. The van der Waals surface area contributed by atoms with Gasteiger partial charge in [0.2, 0.25) is 0 Å². The minimum atomic E-state index is 0.137. The van der Waals surface area contributed by atoms with E-state index < -0.39 is 0 Å². The lowest BCUT2D eigenvalue weighted by molar-refractivity contribution is 0.413. The smallest absolute Gasteiger partial charge is 0.128 e. The molecule has 0 heterocycles. The number of hydrogen-bond donors (Lipinski definition) is 0. The van der Waals surface area contributed by atoms with E-state index in [1.807, 2.05) is 19.4 Å². The second-order valence-electron chi connectivity index (χ2n) is 4.90. The van der Waals surface area contributed by atoms with Crippen molar-refractivity contribution in [2.24, 2.45) is 4.99 Å². The maximum absolute atomic E-state index is 5.40. The lowest BCUT2D eigenvalue weighted by atomic mass is 9.86. The number of benzene rings is 1. The molecule has 1 rings (SSSR count). The highest BCUT2D eigenvalue weighted by atomic mass is 32.2. The average Bonchev–Trinajstić information content (AvgIpc) is 2.29. The molecule has 0 aliphatic carbocycles. The normalized spacial score (nSPS) is 12.7. The molecular weight excluding hydrogens is 230 g/mol. The van der Waals surface area contributed by atoms with Crippen LogP contribution in [0.3, 0.4) is 0 Å². The molecule has 1 aromatic rings. The van der Waals surface area contributed by atoms with Gasteiger partial charge in [0.05, 0.1) is 7.11 Å². The summed E-state index contributed by atoms with van der Waals surface area (Å²) in [5.74, 6) is 0.882. The van der Waals surface area contributed by atoms with E-state index in [1.54, 1.807) is 18.9 Å². The molecule has 0 N–H and O–H groups in total. The van der Waals surface area contributed by atoms with Gasteiger partial charge in [-0.1, -0.05) is 26.8 Å². The largest absolute Gasteiger partial charge is 0.496 e. The predicted molar refractivity (Wildman–Crippen MR) is 77.7 cm³/mol. The number of ether oxygens (including phenoxy) is 1. The molecule has 2 nitrogen and oxygen atoms in total. The fourth-order valence-electron chi connectivity index (χ4n) is 1.66. The van der Waals surface area contributed by atoms with Gasteiger partial charge in [0.15, 0.2) is 0 Å². The average molecular weight is 251 g/mol. The lowest BCUT2D eigenvalue weighted by Gasteiger charge is -2.21. The molecular formula is C14H21NOS. The minimum absolute atomic E-state index is 0.137. The first-order valence-corrected chi connectivity index (χ1v) is 6.86. The number of hydrogen-bond acceptors (Lipinski definition) is 3. The molecule has 0 unspecified atom stereocenters. The summed E-state index contributed by atoms with van der Waals surface area (Å²) in [6.45, 7) is 6.63. The molecule has 1 aromatic carbocycles. The van der Waals surface area contributed by atoms with Crippen LogP contribution in [0, 0.1) is 0 Å². The summed E-state index contributed by atoms with van der Waals surface area (Å²) in [6.07, 6.45) is 2.03. The molecule has 0 aliphatic heterocycles. The maximum Gasteiger partial charge on any atom is 0.128 e. The molecule has 17 heavy (non-hydrogen) atoms. The maximum atomic E-state index is 5.40. The van der Waals surface area contributed by atoms with Gasteiger partial charge in [-0.2, -0.15) is 0 Å². The predicted octanol–water partition coefficient (Wildman–Crippen LogP) is 3.73. The molecule has 0 saturated heterocycles. The second-order valence-corrected chi connectivity index (χ2v) is 5.69. The van der Waals surface area contributed by atoms with Gasteiger partial charge in [-0.05, 0) is 29.4 Å². The van der Waals surface area contributed by atoms with E-state index in [1.165, 1.54) is 5.56 Å². The third kappa shape index (κ3) is 3.25. The van der Waals surface area contributed by atoms with E-state index in [0.717, 1.165) is 16.4 Å². The molecule has 0 saturated carbocycles. The Hall–Kier alpha value is -0.960. The van der Waals surface area contributed by atoms with Crippen molar-refractivity contribution in [2.75, 3.05) is 20.4 Å². The molecule has 0 bridgehead atoms. The van der Waals surface area contributed by atoms with Crippen molar-refractivity contribution in [2.45, 2.75) is 26.2 Å². The van der Waals surface area contributed by atoms with Crippen LogP contribution in [0.4, 0.5) is 0 Å². The summed E-state index contributed by atoms with van der Waals surface area (Å²) in [6, 6.07) is 6.32. The molecule has 94 valence electrons. The number of aliphatic imine (C=N–C) groups is 1. The Morgan fingerprint density at radius 3 is 2.35 bits per heavy atom. The van der Waals surface area contributed by atoms with Crippen molar-refractivity contribution in [1.82, 2.24) is 0 Å². The second kappa shape index (κ2) is 5.58. The Labute approximate surface area is 108 Å². The van der Waals surface area contributed by atoms with Gasteiger partial charge in [-0.15, -0.1) is 11.8 Å². The highest BCUT2D eigenvalue weighted by Gasteiger charge is 2.17. The Balaban J connectivity index is 3.34. The zero-order valence-corrected chi connectivity index (χ0v) is 12.3. The fourth-order valence-corrected chi connectivity index (χ4v) is 2.23. The van der Waals surface area contributed by atoms with Gasteiger partial charge in [-0.3, -0.25) is 4.99 Å². The summed E-state index contributed by atoms with van der Waals surface area (Å²) < 4.78 is 5.40. The summed E-state index contributed by atoms with van der Waals surface area (Å²) >= 11 is 1.64. The Morgan fingerprint density at radius 1 is 1.29 bits per heavy atom. The van der Waals surface area contributed by atoms with Gasteiger partial charge in [0.1, 0.15) is 10.8 Å². The summed E-state index contributed by atoms with van der Waals surface area (Å²) in [7, 11) is 3.51. The van der Waals surface area contributed by atoms with Crippen LogP contribution in [0.5, 0.6) is 5.75 Å². The van der Waals surface area contributed by atoms with Crippen molar-refractivity contribution in [1.29, 1.82) is 0 Å². The number of thioether (sulfide) groups is 1. The van der Waals surface area contributed by atoms with Gasteiger partial charge < -0.3 is 4.74 Å². The van der Waals surface area contributed by atoms with E-state index in [0.29, 0.717) is 0 Å². The SMILES string of the molecule is CN=C(SC)c1cc(C(C)(C)C)ccc1OC. The van der Waals surface area contributed by atoms with Crippen molar-refractivity contribution < 1.29 is 4.74 Å². The van der Waals surface area contributed by atoms with E-state index in [-0.39, 0.29) is 5.41 Å². The number of rotatable bonds is 2. The quantitative estimate of drug-likeness (QED) is 0.590. The highest BCUT2D eigenvalue weighted by Crippen LogP contribution is 2.30. The van der Waals surface area contributed by atoms with Crippen LogP contribution in [0.15, 0.2) is 23.2 Å². The molecule has 0 aliphatic rings. The van der Waals surface area contributed by atoms with Crippen LogP contribution in [-0.2, 0) is 5.41 Å². The third-order valence-electron chi connectivity index (χ3n) is 2.69. The molecule has 0 aromatic heterocycles. The van der Waals surface area contributed by atoms with Crippen molar-refractivity contribution >= 4 is 16.8 Å². The van der Waals surface area contributed by atoms with Crippen LogP contribution in [0.1, 0.15) is 31.9 Å². The Morgan fingerprint density at radius 2 is 1.94 bits per heavy atom. The third-order valence-corrected chi connectivity index (χ3v) is 3.48. The van der Waals surface area contributed by atoms with E-state index in [4.69, 9.17) is 4.74 Å². The monoisotopic (exact) mass is 251 g/mol. The Bertz CT molecular complexity index is 419. The van der Waals surface area contributed by atoms with E-state index >= 15 is 0 Å². The number of methoxy groups -OCH3 is 1.